The van der Waals surface area contributed by atoms with Crippen molar-refractivity contribution in [2.75, 3.05) is 6.54 Å². The van der Waals surface area contributed by atoms with Gasteiger partial charge in [0, 0.05) is 10.6 Å². The van der Waals surface area contributed by atoms with Crippen molar-refractivity contribution in [1.82, 2.24) is 5.32 Å². The number of nitrogens with one attached hydrogen (secondary N) is 1. The Hall–Kier alpha value is -0.840. The Morgan fingerprint density at radius 2 is 2.16 bits per heavy atom. The largest absolute Gasteiger partial charge is 0.452 e. The van der Waals surface area contributed by atoms with Gasteiger partial charge in [-0.2, -0.15) is 0 Å². The molecule has 0 aliphatic heterocycles. The fraction of sp³-hybridized carbons (Fsp3) is 0.286. The van der Waals surface area contributed by atoms with Gasteiger partial charge in [-0.3, -0.25) is 0 Å². The fourth-order valence-corrected chi connectivity index (χ4v) is 2.37. The molecule has 0 spiro atoms. The highest BCUT2D eigenvalue weighted by atomic mass is 79.9. The summed E-state index contributed by atoms with van der Waals surface area (Å²) in [5.41, 5.74) is 0.489. The smallest absolute Gasteiger partial charge is 0.169 e. The number of hydrogen-bond acceptors (Lipinski definition) is 2. The number of rotatable bonds is 5. The third-order valence-electron chi connectivity index (χ3n) is 2.75. The third kappa shape index (κ3) is 3.59. The van der Waals surface area contributed by atoms with Gasteiger partial charge in [-0.15, -0.1) is 0 Å². The van der Waals surface area contributed by atoms with Crippen molar-refractivity contribution in [3.8, 4) is 0 Å². The predicted molar refractivity (Wildman–Crippen MR) is 78.0 cm³/mol. The number of halogens is 3. The van der Waals surface area contributed by atoms with Crippen molar-refractivity contribution in [3.63, 3.8) is 0 Å². The average molecular weight is 347 g/mol. The fourth-order valence-electron chi connectivity index (χ4n) is 1.87. The lowest BCUT2D eigenvalue weighted by Gasteiger charge is -2.17. The van der Waals surface area contributed by atoms with Crippen molar-refractivity contribution < 1.29 is 8.81 Å². The van der Waals surface area contributed by atoms with E-state index in [4.69, 9.17) is 16.0 Å². The zero-order valence-corrected chi connectivity index (χ0v) is 12.8. The second-order valence-corrected chi connectivity index (χ2v) is 5.41. The molecule has 2 aromatic rings. The normalized spacial score (nSPS) is 12.6. The summed E-state index contributed by atoms with van der Waals surface area (Å²) in [7, 11) is 0. The summed E-state index contributed by atoms with van der Waals surface area (Å²) >= 11 is 9.21. The molecule has 0 aliphatic carbocycles. The van der Waals surface area contributed by atoms with Gasteiger partial charge in [0.05, 0.1) is 6.04 Å². The van der Waals surface area contributed by atoms with Crippen LogP contribution < -0.4 is 5.32 Å². The Morgan fingerprint density at radius 1 is 1.37 bits per heavy atom. The van der Waals surface area contributed by atoms with E-state index >= 15 is 0 Å². The second kappa shape index (κ2) is 6.55. The maximum absolute atomic E-state index is 14.0. The first kappa shape index (κ1) is 14.6. The van der Waals surface area contributed by atoms with Gasteiger partial charge >= 0.3 is 0 Å². The number of benzene rings is 1. The maximum Gasteiger partial charge on any atom is 0.169 e. The van der Waals surface area contributed by atoms with Crippen LogP contribution in [0.2, 0.25) is 5.02 Å². The van der Waals surface area contributed by atoms with Crippen LogP contribution in [-0.4, -0.2) is 6.54 Å². The molecule has 5 heteroatoms. The summed E-state index contributed by atoms with van der Waals surface area (Å²) in [5.74, 6) is 0.354. The minimum atomic E-state index is -0.343. The first-order valence-corrected chi connectivity index (χ1v) is 7.22. The molecule has 1 aromatic heterocycles. The topological polar surface area (TPSA) is 25.2 Å². The third-order valence-corrected chi connectivity index (χ3v) is 3.41. The second-order valence-electron chi connectivity index (χ2n) is 4.19. The highest BCUT2D eigenvalue weighted by Crippen LogP contribution is 2.29. The summed E-state index contributed by atoms with van der Waals surface area (Å²) in [6.45, 7) is 2.81. The molecule has 0 bridgehead atoms. The summed E-state index contributed by atoms with van der Waals surface area (Å²) in [5, 5.41) is 3.78. The van der Waals surface area contributed by atoms with E-state index in [1.54, 1.807) is 12.1 Å². The Kier molecular flexibility index (Phi) is 5.02. The molecule has 1 aromatic carbocycles. The van der Waals surface area contributed by atoms with Crippen molar-refractivity contribution in [2.45, 2.75) is 19.4 Å². The Labute approximate surface area is 125 Å². The van der Waals surface area contributed by atoms with E-state index < -0.39 is 0 Å². The van der Waals surface area contributed by atoms with Crippen molar-refractivity contribution in [3.05, 3.63) is 57.2 Å². The molecule has 0 fully saturated rings. The van der Waals surface area contributed by atoms with Crippen LogP contribution in [0, 0.1) is 5.82 Å². The van der Waals surface area contributed by atoms with Gasteiger partial charge < -0.3 is 9.73 Å². The molecule has 0 saturated carbocycles. The molecular formula is C14H14BrClFNO. The zero-order chi connectivity index (χ0) is 13.8. The maximum atomic E-state index is 14.0. The highest BCUT2D eigenvalue weighted by Gasteiger charge is 2.20. The molecular weight excluding hydrogens is 333 g/mol. The molecule has 2 rings (SSSR count). The summed E-state index contributed by atoms with van der Waals surface area (Å²) in [6.07, 6.45) is 0.945. The average Bonchev–Trinajstić information content (AvgIpc) is 2.80. The van der Waals surface area contributed by atoms with Crippen molar-refractivity contribution in [1.29, 1.82) is 0 Å². The number of hydrogen-bond donors (Lipinski definition) is 1. The van der Waals surface area contributed by atoms with Gasteiger partial charge in [0.25, 0.3) is 0 Å². The van der Waals surface area contributed by atoms with E-state index in [0.29, 0.717) is 21.0 Å². The Bertz CT molecular complexity index is 558. The van der Waals surface area contributed by atoms with E-state index in [9.17, 15) is 4.39 Å². The van der Waals surface area contributed by atoms with Crippen molar-refractivity contribution >= 4 is 27.5 Å². The summed E-state index contributed by atoms with van der Waals surface area (Å²) in [6, 6.07) is 7.80. The molecule has 0 aliphatic rings. The molecule has 1 N–H and O–H groups in total. The number of furan rings is 1. The van der Waals surface area contributed by atoms with Crippen LogP contribution >= 0.6 is 27.5 Å². The SMILES string of the molecule is CCCNC(c1ccc(Br)o1)c1cc(Cl)ccc1F. The molecule has 2 nitrogen and oxygen atoms in total. The molecule has 1 heterocycles. The monoisotopic (exact) mass is 345 g/mol. The van der Waals surface area contributed by atoms with Gasteiger partial charge in [0.2, 0.25) is 0 Å². The van der Waals surface area contributed by atoms with Gasteiger partial charge in [0.15, 0.2) is 4.67 Å². The molecule has 1 unspecified atom stereocenters. The zero-order valence-electron chi connectivity index (χ0n) is 10.4. The van der Waals surface area contributed by atoms with Gasteiger partial charge in [-0.05, 0) is 59.2 Å². The predicted octanol–water partition coefficient (Wildman–Crippen LogP) is 4.92. The standard InChI is InChI=1S/C14H14BrClFNO/c1-2-7-18-14(12-5-6-13(15)19-12)10-8-9(16)3-4-11(10)17/h3-6,8,14,18H,2,7H2,1H3. The van der Waals surface area contributed by atoms with Crippen LogP contribution in [0.15, 0.2) is 39.4 Å². The van der Waals surface area contributed by atoms with Crippen LogP contribution in [0.5, 0.6) is 0 Å². The lowest BCUT2D eigenvalue weighted by atomic mass is 10.0. The van der Waals surface area contributed by atoms with Crippen LogP contribution in [0.1, 0.15) is 30.7 Å². The molecule has 1 atom stereocenters. The van der Waals surface area contributed by atoms with Gasteiger partial charge in [-0.25, -0.2) is 4.39 Å². The lowest BCUT2D eigenvalue weighted by molar-refractivity contribution is 0.424. The minimum Gasteiger partial charge on any atom is -0.452 e. The van der Waals surface area contributed by atoms with E-state index in [0.717, 1.165) is 13.0 Å². The van der Waals surface area contributed by atoms with E-state index in [1.165, 1.54) is 12.1 Å². The molecule has 0 radical (unpaired) electrons. The van der Waals surface area contributed by atoms with E-state index in [2.05, 4.69) is 28.2 Å². The lowest BCUT2D eigenvalue weighted by Crippen LogP contribution is -2.23. The van der Waals surface area contributed by atoms with Gasteiger partial charge in [-0.1, -0.05) is 18.5 Å². The van der Waals surface area contributed by atoms with E-state index in [1.807, 2.05) is 6.07 Å². The van der Waals surface area contributed by atoms with Crippen molar-refractivity contribution in [2.24, 2.45) is 0 Å². The van der Waals surface area contributed by atoms with Crippen LogP contribution in [0.3, 0.4) is 0 Å². The summed E-state index contributed by atoms with van der Waals surface area (Å²) in [4.78, 5) is 0. The first-order chi connectivity index (χ1) is 9.11. The molecule has 19 heavy (non-hydrogen) atoms. The van der Waals surface area contributed by atoms with Crippen LogP contribution in [0.25, 0.3) is 0 Å². The molecule has 0 amide bonds. The Morgan fingerprint density at radius 3 is 2.79 bits per heavy atom. The van der Waals surface area contributed by atoms with Crippen LogP contribution in [-0.2, 0) is 0 Å². The first-order valence-electron chi connectivity index (χ1n) is 6.05. The summed E-state index contributed by atoms with van der Waals surface area (Å²) < 4.78 is 20.1. The van der Waals surface area contributed by atoms with Gasteiger partial charge in [0.1, 0.15) is 11.6 Å². The minimum absolute atomic E-state index is 0.300. The highest BCUT2D eigenvalue weighted by molar-refractivity contribution is 9.10. The molecule has 102 valence electrons. The van der Waals surface area contributed by atoms with Crippen LogP contribution in [0.4, 0.5) is 4.39 Å². The van der Waals surface area contributed by atoms with E-state index in [-0.39, 0.29) is 11.9 Å². The molecule has 0 saturated heterocycles. The quantitative estimate of drug-likeness (QED) is 0.831. The Balaban J connectivity index is 2.39.